The summed E-state index contributed by atoms with van der Waals surface area (Å²) < 4.78 is 41.8. The Hall–Kier alpha value is -3.44. The highest BCUT2D eigenvalue weighted by molar-refractivity contribution is 14.1. The number of rotatable bonds is 11. The molecule has 0 saturated heterocycles. The van der Waals surface area contributed by atoms with E-state index >= 15 is 0 Å². The first-order valence-corrected chi connectivity index (χ1v) is 21.0. The number of phenols is 1. The number of carbonyl (C=O) groups is 2. The van der Waals surface area contributed by atoms with Gasteiger partial charge in [0.2, 0.25) is 0 Å². The maximum Gasteiger partial charge on any atom is 0.333 e. The Bertz CT molecular complexity index is 2170. The molecule has 4 aromatic carbocycles. The van der Waals surface area contributed by atoms with E-state index in [1.54, 1.807) is 17.0 Å². The maximum atomic E-state index is 13.6. The van der Waals surface area contributed by atoms with Crippen molar-refractivity contribution in [1.82, 2.24) is 4.72 Å². The molecule has 0 saturated carbocycles. The van der Waals surface area contributed by atoms with Gasteiger partial charge in [0.15, 0.2) is 0 Å². The van der Waals surface area contributed by atoms with Gasteiger partial charge in [-0.2, -0.15) is 0 Å². The van der Waals surface area contributed by atoms with Crippen LogP contribution in [0, 0.1) is 3.57 Å². The fraction of sp³-hybridized carbons (Fsp3) is 0.263. The standard InChI is InChI=1S/C38H34Br2IN3O7S/c39-32-18-22(19-33(40)36(32)45)17-31-30-21-25(41)7-12-34(30)44(37(31)46)13-14-50-15-16-51-26-8-10-27(11-9-26)52(48,49)43-38(47)42-35-28-5-1-3-23(28)20-24-4-2-6-29(24)35/h7-12,17-21,45H,1-6,13-16H2,(H2,42,43,47)/b31-17+. The molecule has 0 spiro atoms. The fourth-order valence-corrected chi connectivity index (χ4v) is 9.62. The van der Waals surface area contributed by atoms with E-state index in [9.17, 15) is 23.1 Å². The molecule has 0 aromatic heterocycles. The van der Waals surface area contributed by atoms with Crippen molar-refractivity contribution in [3.8, 4) is 11.5 Å². The number of amides is 3. The van der Waals surface area contributed by atoms with Gasteiger partial charge in [-0.3, -0.25) is 4.79 Å². The van der Waals surface area contributed by atoms with E-state index in [-0.39, 0.29) is 36.4 Å². The summed E-state index contributed by atoms with van der Waals surface area (Å²) in [6.07, 6.45) is 7.58. The van der Waals surface area contributed by atoms with E-state index in [4.69, 9.17) is 9.47 Å². The van der Waals surface area contributed by atoms with Crippen LogP contribution in [0.4, 0.5) is 16.2 Å². The van der Waals surface area contributed by atoms with Gasteiger partial charge < -0.3 is 24.8 Å². The Morgan fingerprint density at radius 1 is 0.904 bits per heavy atom. The molecule has 3 N–H and O–H groups in total. The van der Waals surface area contributed by atoms with Gasteiger partial charge >= 0.3 is 6.03 Å². The SMILES string of the molecule is O=C(Nc1c2c(cc3c1CCC3)CCC2)NS(=O)(=O)c1ccc(OCCOCCN2C(=O)/C(=C/c3cc(Br)c(O)c(Br)c3)c3cc(I)ccc32)cc1. The van der Waals surface area contributed by atoms with Crippen LogP contribution in [-0.4, -0.2) is 51.8 Å². The minimum absolute atomic E-state index is 0.0564. The number of nitrogens with zero attached hydrogens (tertiary/aromatic N) is 1. The maximum absolute atomic E-state index is 13.6. The summed E-state index contributed by atoms with van der Waals surface area (Å²) in [5, 5.41) is 13.0. The van der Waals surface area contributed by atoms with Crippen LogP contribution in [0.3, 0.4) is 0 Å². The molecule has 2 aliphatic carbocycles. The van der Waals surface area contributed by atoms with E-state index in [0.717, 1.165) is 75.7 Å². The van der Waals surface area contributed by atoms with Crippen molar-refractivity contribution in [3.63, 3.8) is 0 Å². The Morgan fingerprint density at radius 3 is 2.25 bits per heavy atom. The van der Waals surface area contributed by atoms with E-state index in [1.807, 2.05) is 24.3 Å². The normalized spacial score (nSPS) is 15.5. The molecule has 3 amide bonds. The third kappa shape index (κ3) is 7.77. The van der Waals surface area contributed by atoms with E-state index in [1.165, 1.54) is 35.4 Å². The summed E-state index contributed by atoms with van der Waals surface area (Å²) in [6.45, 7) is 1.05. The first kappa shape index (κ1) is 36.9. The topological polar surface area (TPSA) is 134 Å². The van der Waals surface area contributed by atoms with E-state index in [2.05, 4.69) is 70.6 Å². The number of aryl methyl sites for hydroxylation is 2. The molecule has 0 bridgehead atoms. The first-order chi connectivity index (χ1) is 25.0. The number of carbonyl (C=O) groups excluding carboxylic acids is 2. The van der Waals surface area contributed by atoms with Crippen LogP contribution in [0.5, 0.6) is 11.5 Å². The lowest BCUT2D eigenvalue weighted by Crippen LogP contribution is -2.35. The molecule has 3 aliphatic rings. The lowest BCUT2D eigenvalue weighted by Gasteiger charge is -2.17. The molecule has 10 nitrogen and oxygen atoms in total. The Morgan fingerprint density at radius 2 is 1.58 bits per heavy atom. The van der Waals surface area contributed by atoms with Gasteiger partial charge in [0.1, 0.15) is 18.1 Å². The molecule has 4 aromatic rings. The molecule has 7 rings (SSSR count). The molecular weight excluding hydrogens is 929 g/mol. The van der Waals surface area contributed by atoms with Crippen LogP contribution < -0.4 is 19.7 Å². The van der Waals surface area contributed by atoms with Gasteiger partial charge in [-0.05, 0) is 181 Å². The number of ether oxygens (including phenoxy) is 2. The first-order valence-electron chi connectivity index (χ1n) is 16.8. The number of aromatic hydroxyl groups is 1. The third-order valence-corrected chi connectivity index (χ3v) is 12.6. The van der Waals surface area contributed by atoms with Crippen LogP contribution >= 0.6 is 54.5 Å². The number of phenolic OH excluding ortho intramolecular Hbond substituents is 1. The Balaban J connectivity index is 0.901. The molecule has 0 radical (unpaired) electrons. The summed E-state index contributed by atoms with van der Waals surface area (Å²) in [6, 6.07) is 16.7. The van der Waals surface area contributed by atoms with Gasteiger partial charge in [-0.1, -0.05) is 6.07 Å². The summed E-state index contributed by atoms with van der Waals surface area (Å²) in [5.41, 5.74) is 8.44. The number of urea groups is 1. The Labute approximate surface area is 332 Å². The zero-order valence-corrected chi connectivity index (χ0v) is 34.0. The van der Waals surface area contributed by atoms with Gasteiger partial charge in [-0.15, -0.1) is 0 Å². The molecule has 52 heavy (non-hydrogen) atoms. The Kier molecular flexibility index (Phi) is 11.0. The second-order valence-corrected chi connectivity index (χ2v) is 17.4. The summed E-state index contributed by atoms with van der Waals surface area (Å²) in [4.78, 5) is 28.1. The fourth-order valence-electron chi connectivity index (χ4n) is 7.00. The number of halogens is 3. The van der Waals surface area contributed by atoms with Gasteiger partial charge in [-0.25, -0.2) is 17.9 Å². The van der Waals surface area contributed by atoms with E-state index in [0.29, 0.717) is 26.8 Å². The molecule has 1 heterocycles. The number of hydrogen-bond acceptors (Lipinski definition) is 7. The monoisotopic (exact) mass is 961 g/mol. The number of anilines is 2. The average Bonchev–Trinajstić information content (AvgIpc) is 3.84. The zero-order valence-electron chi connectivity index (χ0n) is 27.8. The predicted molar refractivity (Wildman–Crippen MR) is 215 cm³/mol. The molecule has 1 aliphatic heterocycles. The van der Waals surface area contributed by atoms with Crippen molar-refractivity contribution in [2.45, 2.75) is 43.4 Å². The highest BCUT2D eigenvalue weighted by Crippen LogP contribution is 2.41. The molecule has 0 atom stereocenters. The van der Waals surface area contributed by atoms with Crippen molar-refractivity contribution in [3.05, 3.63) is 107 Å². The number of nitrogens with one attached hydrogen (secondary N) is 2. The second-order valence-electron chi connectivity index (χ2n) is 12.7. The number of sulfonamides is 1. The van der Waals surface area contributed by atoms with Crippen LogP contribution in [0.25, 0.3) is 11.6 Å². The van der Waals surface area contributed by atoms with Crippen LogP contribution in [0.2, 0.25) is 0 Å². The quantitative estimate of drug-likeness (QED) is 0.0789. The zero-order chi connectivity index (χ0) is 36.6. The third-order valence-electron chi connectivity index (χ3n) is 9.39. The summed E-state index contributed by atoms with van der Waals surface area (Å²) in [7, 11) is -4.11. The van der Waals surface area contributed by atoms with Crippen LogP contribution in [-0.2, 0) is 45.2 Å². The molecule has 270 valence electrons. The highest BCUT2D eigenvalue weighted by atomic mass is 127. The van der Waals surface area contributed by atoms with Crippen LogP contribution in [0.15, 0.2) is 74.5 Å². The molecule has 14 heteroatoms. The number of benzene rings is 4. The minimum atomic E-state index is -4.11. The van der Waals surface area contributed by atoms with Crippen molar-refractivity contribution < 1.29 is 32.6 Å². The minimum Gasteiger partial charge on any atom is -0.506 e. The molecular formula is C38H34Br2IN3O7S. The van der Waals surface area contributed by atoms with Crippen LogP contribution in [0.1, 0.15) is 46.2 Å². The van der Waals surface area contributed by atoms with Crippen molar-refractivity contribution in [2.24, 2.45) is 0 Å². The summed E-state index contributed by atoms with van der Waals surface area (Å²) in [5.74, 6) is 0.388. The second kappa shape index (κ2) is 15.5. The van der Waals surface area contributed by atoms with Gasteiger partial charge in [0, 0.05) is 26.9 Å². The lowest BCUT2D eigenvalue weighted by molar-refractivity contribution is -0.113. The van der Waals surface area contributed by atoms with Crippen molar-refractivity contribution >= 4 is 99.4 Å². The van der Waals surface area contributed by atoms with Gasteiger partial charge in [0.05, 0.1) is 32.7 Å². The number of hydrogen-bond donors (Lipinski definition) is 3. The largest absolute Gasteiger partial charge is 0.506 e. The summed E-state index contributed by atoms with van der Waals surface area (Å²) >= 11 is 8.93. The predicted octanol–water partition coefficient (Wildman–Crippen LogP) is 7.99. The smallest absolute Gasteiger partial charge is 0.333 e. The van der Waals surface area contributed by atoms with Crippen molar-refractivity contribution in [2.75, 3.05) is 36.6 Å². The van der Waals surface area contributed by atoms with Crippen molar-refractivity contribution in [1.29, 1.82) is 0 Å². The van der Waals surface area contributed by atoms with E-state index < -0.39 is 16.1 Å². The number of fused-ring (bicyclic) bond motifs is 3. The van der Waals surface area contributed by atoms with Gasteiger partial charge in [0.25, 0.3) is 15.9 Å². The molecule has 0 fully saturated rings. The highest BCUT2D eigenvalue weighted by Gasteiger charge is 2.32. The molecule has 0 unspecified atom stereocenters. The average molecular weight is 963 g/mol. The lowest BCUT2D eigenvalue weighted by atomic mass is 9.99.